The summed E-state index contributed by atoms with van der Waals surface area (Å²) in [5.74, 6) is -0.0659. The summed E-state index contributed by atoms with van der Waals surface area (Å²) in [6.07, 6.45) is 0. The van der Waals surface area contributed by atoms with Gasteiger partial charge in [0, 0.05) is 38.8 Å². The number of carbonyl (C=O) groups excluding carboxylic acids is 1. The molecule has 4 nitrogen and oxygen atoms in total. The molecule has 0 aliphatic carbocycles. The first-order valence-electron chi connectivity index (χ1n) is 6.61. The van der Waals surface area contributed by atoms with Gasteiger partial charge in [-0.05, 0) is 17.7 Å². The Kier molecular flexibility index (Phi) is 3.24. The molecule has 3 rings (SSSR count). The normalized spacial score (nSPS) is 28.3. The molecule has 2 aliphatic heterocycles. The Hall–Kier alpha value is -1.46. The summed E-state index contributed by atoms with van der Waals surface area (Å²) in [5, 5.41) is 3.41. The van der Waals surface area contributed by atoms with Gasteiger partial charge in [0.2, 0.25) is 5.91 Å². The van der Waals surface area contributed by atoms with Crippen LogP contribution < -0.4 is 5.32 Å². The fraction of sp³-hybridized carbons (Fsp3) is 0.500. The molecule has 2 atom stereocenters. The van der Waals surface area contributed by atoms with Crippen molar-refractivity contribution in [3.05, 3.63) is 35.6 Å². The third-order valence-electron chi connectivity index (χ3n) is 4.07. The molecule has 0 spiro atoms. The summed E-state index contributed by atoms with van der Waals surface area (Å²) < 4.78 is 13.0. The minimum atomic E-state index is -0.224. The van der Waals surface area contributed by atoms with Crippen molar-refractivity contribution < 1.29 is 9.18 Å². The van der Waals surface area contributed by atoms with Crippen molar-refractivity contribution in [2.24, 2.45) is 0 Å². The van der Waals surface area contributed by atoms with Crippen molar-refractivity contribution in [2.45, 2.75) is 12.1 Å². The largest absolute Gasteiger partial charge is 0.343 e. The second kappa shape index (κ2) is 4.90. The summed E-state index contributed by atoms with van der Waals surface area (Å²) in [7, 11) is 1.85. The minimum Gasteiger partial charge on any atom is -0.343 e. The molecule has 1 N–H and O–H groups in total. The van der Waals surface area contributed by atoms with E-state index in [1.54, 1.807) is 4.90 Å². The Morgan fingerprint density at radius 3 is 2.74 bits per heavy atom. The average molecular weight is 263 g/mol. The van der Waals surface area contributed by atoms with E-state index in [4.69, 9.17) is 0 Å². The Labute approximate surface area is 112 Å². The third kappa shape index (κ3) is 2.35. The SMILES string of the molecule is CN1CC2CNCC(c3ccc(F)cc3)N2CC1=O. The summed E-state index contributed by atoms with van der Waals surface area (Å²) in [6, 6.07) is 7.08. The number of halogens is 1. The standard InChI is InChI=1S/C14H18FN3O/c1-17-8-12-6-16-7-13(18(12)9-14(17)19)10-2-4-11(15)5-3-10/h2-5,12-13,16H,6-9H2,1H3. The lowest BCUT2D eigenvalue weighted by molar-refractivity contribution is -0.139. The molecule has 2 saturated heterocycles. The van der Waals surface area contributed by atoms with Gasteiger partial charge in [0.05, 0.1) is 6.54 Å². The van der Waals surface area contributed by atoms with E-state index < -0.39 is 0 Å². The Morgan fingerprint density at radius 2 is 2.00 bits per heavy atom. The third-order valence-corrected chi connectivity index (χ3v) is 4.07. The molecule has 102 valence electrons. The van der Waals surface area contributed by atoms with E-state index in [-0.39, 0.29) is 17.8 Å². The highest BCUT2D eigenvalue weighted by Crippen LogP contribution is 2.27. The van der Waals surface area contributed by atoms with Crippen LogP contribution in [0.25, 0.3) is 0 Å². The number of nitrogens with one attached hydrogen (secondary N) is 1. The van der Waals surface area contributed by atoms with Gasteiger partial charge in [0.15, 0.2) is 0 Å². The monoisotopic (exact) mass is 263 g/mol. The lowest BCUT2D eigenvalue weighted by atomic mass is 9.98. The molecule has 0 aromatic heterocycles. The van der Waals surface area contributed by atoms with Crippen LogP contribution in [-0.2, 0) is 4.79 Å². The first kappa shape index (κ1) is 12.6. The van der Waals surface area contributed by atoms with Gasteiger partial charge in [-0.1, -0.05) is 12.1 Å². The van der Waals surface area contributed by atoms with Gasteiger partial charge in [-0.3, -0.25) is 9.69 Å². The molecule has 0 radical (unpaired) electrons. The molecular weight excluding hydrogens is 245 g/mol. The number of benzene rings is 1. The second-order valence-electron chi connectivity index (χ2n) is 5.33. The predicted octanol–water partition coefficient (Wildman–Crippen LogP) is 0.613. The quantitative estimate of drug-likeness (QED) is 0.806. The highest BCUT2D eigenvalue weighted by molar-refractivity contribution is 5.79. The Bertz CT molecular complexity index is 476. The Balaban J connectivity index is 1.85. The zero-order valence-corrected chi connectivity index (χ0v) is 11.0. The maximum Gasteiger partial charge on any atom is 0.236 e. The first-order valence-corrected chi connectivity index (χ1v) is 6.61. The van der Waals surface area contributed by atoms with Crippen LogP contribution in [-0.4, -0.2) is 55.0 Å². The number of carbonyl (C=O) groups is 1. The number of likely N-dealkylation sites (N-methyl/N-ethyl adjacent to an activating group) is 1. The molecule has 2 fully saturated rings. The number of piperazine rings is 2. The minimum absolute atomic E-state index is 0.150. The number of hydrogen-bond acceptors (Lipinski definition) is 3. The zero-order chi connectivity index (χ0) is 13.4. The van der Waals surface area contributed by atoms with Crippen LogP contribution in [0.1, 0.15) is 11.6 Å². The molecule has 0 bridgehead atoms. The van der Waals surface area contributed by atoms with E-state index in [1.807, 2.05) is 19.2 Å². The number of amides is 1. The van der Waals surface area contributed by atoms with Gasteiger partial charge in [0.1, 0.15) is 5.82 Å². The van der Waals surface area contributed by atoms with Crippen LogP contribution in [0.3, 0.4) is 0 Å². The van der Waals surface area contributed by atoms with Gasteiger partial charge in [0.25, 0.3) is 0 Å². The molecule has 1 aromatic rings. The van der Waals surface area contributed by atoms with E-state index in [0.29, 0.717) is 12.6 Å². The van der Waals surface area contributed by atoms with E-state index in [1.165, 1.54) is 12.1 Å². The highest BCUT2D eigenvalue weighted by Gasteiger charge is 2.37. The van der Waals surface area contributed by atoms with Crippen molar-refractivity contribution in [1.82, 2.24) is 15.1 Å². The highest BCUT2D eigenvalue weighted by atomic mass is 19.1. The second-order valence-corrected chi connectivity index (χ2v) is 5.33. The number of hydrogen-bond donors (Lipinski definition) is 1. The van der Waals surface area contributed by atoms with E-state index in [2.05, 4.69) is 10.2 Å². The van der Waals surface area contributed by atoms with Crippen molar-refractivity contribution in [3.63, 3.8) is 0 Å². The van der Waals surface area contributed by atoms with Gasteiger partial charge in [-0.2, -0.15) is 0 Å². The summed E-state index contributed by atoms with van der Waals surface area (Å²) in [6.45, 7) is 2.91. The van der Waals surface area contributed by atoms with Crippen molar-refractivity contribution >= 4 is 5.91 Å². The fourth-order valence-electron chi connectivity index (χ4n) is 2.97. The molecule has 5 heteroatoms. The maximum absolute atomic E-state index is 13.0. The fourth-order valence-corrected chi connectivity index (χ4v) is 2.97. The molecule has 2 aliphatic rings. The smallest absolute Gasteiger partial charge is 0.236 e. The zero-order valence-electron chi connectivity index (χ0n) is 11.0. The van der Waals surface area contributed by atoms with Crippen LogP contribution in [0.2, 0.25) is 0 Å². The van der Waals surface area contributed by atoms with Gasteiger partial charge < -0.3 is 10.2 Å². The summed E-state index contributed by atoms with van der Waals surface area (Å²) in [4.78, 5) is 15.9. The van der Waals surface area contributed by atoms with Crippen LogP contribution in [0.5, 0.6) is 0 Å². The summed E-state index contributed by atoms with van der Waals surface area (Å²) in [5.41, 5.74) is 1.07. The van der Waals surface area contributed by atoms with Gasteiger partial charge in [-0.25, -0.2) is 4.39 Å². The number of rotatable bonds is 1. The van der Waals surface area contributed by atoms with E-state index >= 15 is 0 Å². The topological polar surface area (TPSA) is 35.6 Å². The van der Waals surface area contributed by atoms with E-state index in [0.717, 1.165) is 25.2 Å². The molecule has 2 heterocycles. The molecule has 0 saturated carbocycles. The molecule has 1 aromatic carbocycles. The first-order chi connectivity index (χ1) is 9.15. The lowest BCUT2D eigenvalue weighted by Crippen LogP contribution is -2.63. The van der Waals surface area contributed by atoms with Crippen LogP contribution in [0.4, 0.5) is 4.39 Å². The van der Waals surface area contributed by atoms with E-state index in [9.17, 15) is 9.18 Å². The van der Waals surface area contributed by atoms with Gasteiger partial charge in [-0.15, -0.1) is 0 Å². The number of fused-ring (bicyclic) bond motifs is 1. The average Bonchev–Trinajstić information content (AvgIpc) is 2.41. The Morgan fingerprint density at radius 1 is 1.26 bits per heavy atom. The van der Waals surface area contributed by atoms with Crippen molar-refractivity contribution in [2.75, 3.05) is 33.2 Å². The number of nitrogens with zero attached hydrogens (tertiary/aromatic N) is 2. The van der Waals surface area contributed by atoms with Gasteiger partial charge >= 0.3 is 0 Å². The molecule has 19 heavy (non-hydrogen) atoms. The van der Waals surface area contributed by atoms with Crippen LogP contribution in [0, 0.1) is 5.82 Å². The lowest BCUT2D eigenvalue weighted by Gasteiger charge is -2.47. The van der Waals surface area contributed by atoms with Crippen molar-refractivity contribution in [1.29, 1.82) is 0 Å². The molecule has 2 unspecified atom stereocenters. The summed E-state index contributed by atoms with van der Waals surface area (Å²) >= 11 is 0. The van der Waals surface area contributed by atoms with Crippen LogP contribution in [0.15, 0.2) is 24.3 Å². The molecule has 1 amide bonds. The van der Waals surface area contributed by atoms with Crippen molar-refractivity contribution in [3.8, 4) is 0 Å². The predicted molar refractivity (Wildman–Crippen MR) is 70.1 cm³/mol. The maximum atomic E-state index is 13.0. The molecular formula is C14H18FN3O. The van der Waals surface area contributed by atoms with Crippen LogP contribution >= 0.6 is 0 Å².